The lowest BCUT2D eigenvalue weighted by molar-refractivity contribution is -0.167. The second kappa shape index (κ2) is 61.6. The van der Waals surface area contributed by atoms with Crippen LogP contribution < -0.4 is 0 Å². The smallest absolute Gasteiger partial charge is 0.306 e. The Hall–Kier alpha value is -3.93. The Morgan fingerprint density at radius 2 is 0.527 bits per heavy atom. The molecule has 0 rings (SSSR count). The Balaban J connectivity index is 4.43. The van der Waals surface area contributed by atoms with E-state index in [4.69, 9.17) is 14.2 Å². The molecule has 0 fully saturated rings. The van der Waals surface area contributed by atoms with Crippen LogP contribution in [0.2, 0.25) is 0 Å². The van der Waals surface area contributed by atoms with Crippen molar-refractivity contribution < 1.29 is 28.6 Å². The molecule has 1 atom stereocenters. The van der Waals surface area contributed by atoms with Crippen molar-refractivity contribution in [3.05, 3.63) is 109 Å². The summed E-state index contributed by atoms with van der Waals surface area (Å²) in [6, 6.07) is 0. The molecule has 0 N–H and O–H groups in total. The van der Waals surface area contributed by atoms with E-state index in [-0.39, 0.29) is 31.1 Å². The SMILES string of the molecule is CC/C=C\C/C=C\C/C=C\C/C=C\C/C=C\CCCCCCCCCC(=O)OCC(COC(=O)CCCCCCC/C=C\C/C=C\CCCCC)OC(=O)CCCCCCCCC/C=C\C/C=C\CCCCCC. The van der Waals surface area contributed by atoms with Crippen molar-refractivity contribution in [2.75, 3.05) is 13.2 Å². The Bertz CT molecular complexity index is 1510. The van der Waals surface area contributed by atoms with Crippen molar-refractivity contribution in [3.63, 3.8) is 0 Å². The van der Waals surface area contributed by atoms with Crippen molar-refractivity contribution in [2.24, 2.45) is 0 Å². The van der Waals surface area contributed by atoms with Crippen molar-refractivity contribution >= 4 is 17.9 Å². The van der Waals surface area contributed by atoms with Crippen LogP contribution in [0.5, 0.6) is 0 Å². The fourth-order valence-electron chi connectivity index (χ4n) is 8.35. The third-order valence-corrected chi connectivity index (χ3v) is 13.0. The highest BCUT2D eigenvalue weighted by Crippen LogP contribution is 2.15. The first-order chi connectivity index (χ1) is 36.5. The maximum Gasteiger partial charge on any atom is 0.306 e. The fraction of sp³-hybridized carbons (Fsp3) is 0.691. The summed E-state index contributed by atoms with van der Waals surface area (Å²) in [6.07, 6.45) is 83.6. The summed E-state index contributed by atoms with van der Waals surface area (Å²) in [6.45, 7) is 6.47. The highest BCUT2D eigenvalue weighted by molar-refractivity contribution is 5.71. The molecule has 74 heavy (non-hydrogen) atoms. The molecule has 0 aliphatic heterocycles. The van der Waals surface area contributed by atoms with E-state index in [1.165, 1.54) is 109 Å². The fourth-order valence-corrected chi connectivity index (χ4v) is 8.35. The molecule has 0 aliphatic carbocycles. The molecular formula is C68H114O6. The van der Waals surface area contributed by atoms with Crippen LogP contribution in [-0.2, 0) is 28.6 Å². The van der Waals surface area contributed by atoms with Gasteiger partial charge in [-0.05, 0) is 128 Å². The normalized spacial score (nSPS) is 12.9. The summed E-state index contributed by atoms with van der Waals surface area (Å²) in [5, 5.41) is 0. The molecule has 6 nitrogen and oxygen atoms in total. The van der Waals surface area contributed by atoms with E-state index in [9.17, 15) is 14.4 Å². The van der Waals surface area contributed by atoms with Crippen molar-refractivity contribution in [1.82, 2.24) is 0 Å². The molecule has 0 bridgehead atoms. The zero-order chi connectivity index (χ0) is 53.6. The molecule has 0 aromatic rings. The van der Waals surface area contributed by atoms with Crippen LogP contribution in [0, 0.1) is 0 Å². The molecule has 0 saturated carbocycles. The molecule has 0 aromatic heterocycles. The molecule has 1 unspecified atom stereocenters. The topological polar surface area (TPSA) is 78.9 Å². The summed E-state index contributed by atoms with van der Waals surface area (Å²) < 4.78 is 16.9. The molecule has 422 valence electrons. The van der Waals surface area contributed by atoms with E-state index in [1.807, 2.05) is 0 Å². The van der Waals surface area contributed by atoms with Gasteiger partial charge in [-0.3, -0.25) is 14.4 Å². The molecular weight excluding hydrogens is 913 g/mol. The van der Waals surface area contributed by atoms with E-state index in [0.29, 0.717) is 19.3 Å². The van der Waals surface area contributed by atoms with Gasteiger partial charge in [-0.15, -0.1) is 0 Å². The minimum absolute atomic E-state index is 0.0928. The summed E-state index contributed by atoms with van der Waals surface area (Å²) in [5.41, 5.74) is 0. The van der Waals surface area contributed by atoms with E-state index in [1.54, 1.807) is 0 Å². The second-order valence-corrected chi connectivity index (χ2v) is 20.2. The number of unbranched alkanes of at least 4 members (excludes halogenated alkanes) is 26. The third kappa shape index (κ3) is 59.0. The Kier molecular flexibility index (Phi) is 58.3. The first-order valence-electron chi connectivity index (χ1n) is 30.9. The van der Waals surface area contributed by atoms with Gasteiger partial charge in [0.1, 0.15) is 13.2 Å². The molecule has 6 heteroatoms. The zero-order valence-electron chi connectivity index (χ0n) is 48.3. The predicted molar refractivity (Wildman–Crippen MR) is 320 cm³/mol. The number of carbonyl (C=O) groups is 3. The number of hydrogen-bond acceptors (Lipinski definition) is 6. The molecule has 0 heterocycles. The molecule has 0 aromatic carbocycles. The highest BCUT2D eigenvalue weighted by atomic mass is 16.6. The first-order valence-corrected chi connectivity index (χ1v) is 30.9. The third-order valence-electron chi connectivity index (χ3n) is 13.0. The van der Waals surface area contributed by atoms with Crippen LogP contribution in [0.1, 0.15) is 284 Å². The maximum atomic E-state index is 12.9. The van der Waals surface area contributed by atoms with Crippen LogP contribution >= 0.6 is 0 Å². The average Bonchev–Trinajstić information content (AvgIpc) is 3.40. The van der Waals surface area contributed by atoms with Crippen molar-refractivity contribution in [1.29, 1.82) is 0 Å². The minimum atomic E-state index is -0.796. The molecule has 0 aliphatic rings. The largest absolute Gasteiger partial charge is 0.462 e. The average molecular weight is 1030 g/mol. The van der Waals surface area contributed by atoms with Crippen LogP contribution in [-0.4, -0.2) is 37.2 Å². The molecule has 0 amide bonds. The molecule has 0 saturated heterocycles. The van der Waals surface area contributed by atoms with Gasteiger partial charge in [0.15, 0.2) is 6.10 Å². The second-order valence-electron chi connectivity index (χ2n) is 20.2. The number of carbonyl (C=O) groups excluding carboxylic acids is 3. The lowest BCUT2D eigenvalue weighted by atomic mass is 10.1. The van der Waals surface area contributed by atoms with Gasteiger partial charge >= 0.3 is 17.9 Å². The van der Waals surface area contributed by atoms with Crippen molar-refractivity contribution in [3.8, 4) is 0 Å². The van der Waals surface area contributed by atoms with Crippen LogP contribution in [0.4, 0.5) is 0 Å². The van der Waals surface area contributed by atoms with E-state index in [2.05, 4.69) is 130 Å². The van der Waals surface area contributed by atoms with Crippen molar-refractivity contribution in [2.45, 2.75) is 290 Å². The number of hydrogen-bond donors (Lipinski definition) is 0. The van der Waals surface area contributed by atoms with Crippen LogP contribution in [0.3, 0.4) is 0 Å². The van der Waals surface area contributed by atoms with E-state index >= 15 is 0 Å². The summed E-state index contributed by atoms with van der Waals surface area (Å²) >= 11 is 0. The Morgan fingerprint density at radius 1 is 0.284 bits per heavy atom. The van der Waals surface area contributed by atoms with Gasteiger partial charge in [0.2, 0.25) is 0 Å². The lowest BCUT2D eigenvalue weighted by Gasteiger charge is -2.18. The molecule has 0 spiro atoms. The van der Waals surface area contributed by atoms with Gasteiger partial charge in [-0.2, -0.15) is 0 Å². The van der Waals surface area contributed by atoms with Gasteiger partial charge < -0.3 is 14.2 Å². The summed E-state index contributed by atoms with van der Waals surface area (Å²) in [5.74, 6) is -0.919. The number of allylic oxidation sites excluding steroid dienone is 18. The summed E-state index contributed by atoms with van der Waals surface area (Å²) in [7, 11) is 0. The standard InChI is InChI=1S/C68H114O6/c1-4-7-10-13-16-19-22-25-28-30-32-33-34-35-36-38-40-43-46-49-52-55-58-61-67(70)73-64-65(63-72-66(69)60-57-54-51-48-45-42-39-27-24-21-18-15-12-9-6-3)74-68(71)62-59-56-53-50-47-44-41-37-31-29-26-23-20-17-14-11-8-5-2/h7,10,16,18-21,23,25,27-29,31-33,35-36,39,65H,4-6,8-9,11-15,17,22,24,26,30,34,37-38,40-64H2,1-3H3/b10-7-,19-16-,21-18-,23-20-,28-25-,31-29-,33-32-,36-35-,39-27-. The Morgan fingerprint density at radius 3 is 0.851 bits per heavy atom. The van der Waals surface area contributed by atoms with Gasteiger partial charge in [0, 0.05) is 19.3 Å². The van der Waals surface area contributed by atoms with Crippen LogP contribution in [0.15, 0.2) is 109 Å². The lowest BCUT2D eigenvalue weighted by Crippen LogP contribution is -2.30. The van der Waals surface area contributed by atoms with Gasteiger partial charge in [0.05, 0.1) is 0 Å². The van der Waals surface area contributed by atoms with Gasteiger partial charge in [-0.1, -0.05) is 246 Å². The van der Waals surface area contributed by atoms with E-state index < -0.39 is 6.10 Å². The highest BCUT2D eigenvalue weighted by Gasteiger charge is 2.19. The van der Waals surface area contributed by atoms with Crippen LogP contribution in [0.25, 0.3) is 0 Å². The van der Waals surface area contributed by atoms with Gasteiger partial charge in [0.25, 0.3) is 0 Å². The Labute approximate surface area is 457 Å². The first kappa shape index (κ1) is 70.1. The summed E-state index contributed by atoms with van der Waals surface area (Å²) in [4.78, 5) is 38.3. The van der Waals surface area contributed by atoms with Gasteiger partial charge in [-0.25, -0.2) is 0 Å². The quantitative estimate of drug-likeness (QED) is 0.0261. The number of rotatable bonds is 55. The molecule has 0 radical (unpaired) electrons. The number of esters is 3. The predicted octanol–water partition coefficient (Wildman–Crippen LogP) is 21.0. The number of ether oxygens (including phenoxy) is 3. The maximum absolute atomic E-state index is 12.9. The zero-order valence-corrected chi connectivity index (χ0v) is 48.3. The monoisotopic (exact) mass is 1030 g/mol. The minimum Gasteiger partial charge on any atom is -0.462 e. The van der Waals surface area contributed by atoms with E-state index in [0.717, 1.165) is 135 Å².